The Balaban J connectivity index is 1.83. The van der Waals surface area contributed by atoms with Crippen molar-refractivity contribution in [2.75, 3.05) is 0 Å². The molecule has 0 atom stereocenters. The Morgan fingerprint density at radius 3 is 2.44 bits per heavy atom. The summed E-state index contributed by atoms with van der Waals surface area (Å²) in [5.74, 6) is -1.67. The first-order chi connectivity index (χ1) is 13.0. The van der Waals surface area contributed by atoms with Crippen molar-refractivity contribution in [3.63, 3.8) is 0 Å². The molecule has 1 amide bonds. The fraction of sp³-hybridized carbons (Fsp3) is 0.105. The van der Waals surface area contributed by atoms with Crippen LogP contribution in [0.1, 0.15) is 21.5 Å². The summed E-state index contributed by atoms with van der Waals surface area (Å²) in [7, 11) is 0. The summed E-state index contributed by atoms with van der Waals surface area (Å²) in [5, 5.41) is 2.53. The Morgan fingerprint density at radius 2 is 1.74 bits per heavy atom. The van der Waals surface area contributed by atoms with Crippen LogP contribution < -0.4 is 16.6 Å². The SMILES string of the molecule is O=C(NCc1ccc(F)cc1)c1c[nH]c(=O)n(Cc2ccccc2F)c1=O. The molecule has 138 valence electrons. The first-order valence-electron chi connectivity index (χ1n) is 8.04. The van der Waals surface area contributed by atoms with Gasteiger partial charge in [-0.2, -0.15) is 0 Å². The summed E-state index contributed by atoms with van der Waals surface area (Å²) in [6.45, 7) is -0.231. The zero-order chi connectivity index (χ0) is 19.4. The van der Waals surface area contributed by atoms with Crippen LogP contribution in [0, 0.1) is 11.6 Å². The zero-order valence-electron chi connectivity index (χ0n) is 14.0. The average Bonchev–Trinajstić information content (AvgIpc) is 2.66. The van der Waals surface area contributed by atoms with Gasteiger partial charge in [-0.15, -0.1) is 0 Å². The van der Waals surface area contributed by atoms with Crippen molar-refractivity contribution in [2.24, 2.45) is 0 Å². The highest BCUT2D eigenvalue weighted by Crippen LogP contribution is 2.07. The third-order valence-electron chi connectivity index (χ3n) is 3.96. The lowest BCUT2D eigenvalue weighted by Crippen LogP contribution is -2.40. The number of aromatic amines is 1. The fourth-order valence-electron chi connectivity index (χ4n) is 2.49. The minimum Gasteiger partial charge on any atom is -0.348 e. The van der Waals surface area contributed by atoms with Crippen molar-refractivity contribution >= 4 is 5.91 Å². The Morgan fingerprint density at radius 1 is 1.04 bits per heavy atom. The molecule has 3 rings (SSSR count). The van der Waals surface area contributed by atoms with Gasteiger partial charge in [-0.1, -0.05) is 30.3 Å². The molecule has 1 heterocycles. The maximum Gasteiger partial charge on any atom is 0.328 e. The molecule has 6 nitrogen and oxygen atoms in total. The highest BCUT2D eigenvalue weighted by molar-refractivity contribution is 5.93. The summed E-state index contributed by atoms with van der Waals surface area (Å²) >= 11 is 0. The molecule has 3 aromatic rings. The van der Waals surface area contributed by atoms with E-state index in [9.17, 15) is 23.2 Å². The number of carbonyl (C=O) groups excluding carboxylic acids is 1. The van der Waals surface area contributed by atoms with E-state index >= 15 is 0 Å². The topological polar surface area (TPSA) is 84.0 Å². The van der Waals surface area contributed by atoms with E-state index < -0.39 is 28.8 Å². The van der Waals surface area contributed by atoms with Crippen LogP contribution in [0.5, 0.6) is 0 Å². The number of benzene rings is 2. The second-order valence-corrected chi connectivity index (χ2v) is 5.80. The highest BCUT2D eigenvalue weighted by atomic mass is 19.1. The van der Waals surface area contributed by atoms with Crippen LogP contribution in [0.15, 0.2) is 64.3 Å². The molecule has 0 saturated heterocycles. The number of nitrogens with zero attached hydrogens (tertiary/aromatic N) is 1. The van der Waals surface area contributed by atoms with Gasteiger partial charge in [0.25, 0.3) is 11.5 Å². The van der Waals surface area contributed by atoms with E-state index in [4.69, 9.17) is 0 Å². The Hall–Kier alpha value is -3.55. The van der Waals surface area contributed by atoms with Crippen LogP contribution in [0.4, 0.5) is 8.78 Å². The lowest BCUT2D eigenvalue weighted by molar-refractivity contribution is 0.0948. The number of hydrogen-bond acceptors (Lipinski definition) is 3. The molecule has 0 fully saturated rings. The molecule has 0 aliphatic carbocycles. The smallest absolute Gasteiger partial charge is 0.328 e. The number of carbonyl (C=O) groups is 1. The number of H-pyrrole nitrogens is 1. The van der Waals surface area contributed by atoms with E-state index in [2.05, 4.69) is 10.3 Å². The Kier molecular flexibility index (Phi) is 5.25. The summed E-state index contributed by atoms with van der Waals surface area (Å²) in [4.78, 5) is 39.1. The van der Waals surface area contributed by atoms with E-state index in [0.717, 1.165) is 10.8 Å². The van der Waals surface area contributed by atoms with E-state index in [1.807, 2.05) is 0 Å². The van der Waals surface area contributed by atoms with E-state index in [-0.39, 0.29) is 24.2 Å². The molecule has 0 radical (unpaired) electrons. The van der Waals surface area contributed by atoms with Crippen LogP contribution in [-0.4, -0.2) is 15.5 Å². The first-order valence-corrected chi connectivity index (χ1v) is 8.04. The Bertz CT molecular complexity index is 1090. The van der Waals surface area contributed by atoms with Gasteiger partial charge in [0.15, 0.2) is 0 Å². The monoisotopic (exact) mass is 371 g/mol. The molecular weight excluding hydrogens is 356 g/mol. The predicted molar refractivity (Wildman–Crippen MR) is 94.4 cm³/mol. The number of hydrogen-bond donors (Lipinski definition) is 2. The van der Waals surface area contributed by atoms with Crippen molar-refractivity contribution in [2.45, 2.75) is 13.1 Å². The molecule has 0 aliphatic rings. The van der Waals surface area contributed by atoms with Gasteiger partial charge in [0.2, 0.25) is 0 Å². The number of rotatable bonds is 5. The summed E-state index contributed by atoms with van der Waals surface area (Å²) in [5.41, 5.74) is -1.08. The number of amides is 1. The molecule has 2 aromatic carbocycles. The summed E-state index contributed by atoms with van der Waals surface area (Å²) < 4.78 is 27.5. The molecule has 0 unspecified atom stereocenters. The van der Waals surface area contributed by atoms with Gasteiger partial charge in [0.05, 0.1) is 6.54 Å². The Labute approximate surface area is 152 Å². The molecule has 2 N–H and O–H groups in total. The lowest BCUT2D eigenvalue weighted by atomic mass is 10.2. The predicted octanol–water partition coefficient (Wildman–Crippen LogP) is 1.79. The molecular formula is C19H15F2N3O3. The molecule has 1 aromatic heterocycles. The van der Waals surface area contributed by atoms with Gasteiger partial charge in [-0.05, 0) is 23.8 Å². The van der Waals surface area contributed by atoms with Crippen LogP contribution in [-0.2, 0) is 13.1 Å². The second-order valence-electron chi connectivity index (χ2n) is 5.80. The minimum atomic E-state index is -0.835. The lowest BCUT2D eigenvalue weighted by Gasteiger charge is -2.09. The van der Waals surface area contributed by atoms with Crippen molar-refractivity contribution in [3.8, 4) is 0 Å². The highest BCUT2D eigenvalue weighted by Gasteiger charge is 2.15. The fourth-order valence-corrected chi connectivity index (χ4v) is 2.49. The van der Waals surface area contributed by atoms with Gasteiger partial charge in [0, 0.05) is 18.3 Å². The summed E-state index contributed by atoms with van der Waals surface area (Å²) in [6.07, 6.45) is 1.02. The van der Waals surface area contributed by atoms with Gasteiger partial charge < -0.3 is 10.3 Å². The molecule has 0 saturated carbocycles. The molecule has 8 heteroatoms. The third kappa shape index (κ3) is 4.17. The molecule has 0 aliphatic heterocycles. The second kappa shape index (κ2) is 7.77. The van der Waals surface area contributed by atoms with Gasteiger partial charge in [0.1, 0.15) is 17.2 Å². The number of aromatic nitrogens is 2. The standard InChI is InChI=1S/C19H15F2N3O3/c20-14-7-5-12(6-8-14)9-22-17(25)15-10-23-19(27)24(18(15)26)11-13-3-1-2-4-16(13)21/h1-8,10H,9,11H2,(H,22,25)(H,23,27). The number of halogens is 2. The molecule has 0 spiro atoms. The average molecular weight is 371 g/mol. The van der Waals surface area contributed by atoms with Gasteiger partial charge >= 0.3 is 5.69 Å². The maximum atomic E-state index is 13.8. The molecule has 27 heavy (non-hydrogen) atoms. The van der Waals surface area contributed by atoms with Gasteiger partial charge in [-0.25, -0.2) is 13.6 Å². The van der Waals surface area contributed by atoms with Crippen LogP contribution >= 0.6 is 0 Å². The minimum absolute atomic E-state index is 0.0744. The van der Waals surface area contributed by atoms with Crippen molar-refractivity contribution in [3.05, 3.63) is 104 Å². The van der Waals surface area contributed by atoms with Gasteiger partial charge in [-0.3, -0.25) is 14.2 Å². The van der Waals surface area contributed by atoms with Crippen molar-refractivity contribution < 1.29 is 13.6 Å². The van der Waals surface area contributed by atoms with Crippen LogP contribution in [0.3, 0.4) is 0 Å². The summed E-state index contributed by atoms with van der Waals surface area (Å²) in [6, 6.07) is 11.2. The van der Waals surface area contributed by atoms with E-state index in [0.29, 0.717) is 5.56 Å². The normalized spacial score (nSPS) is 10.6. The van der Waals surface area contributed by atoms with Crippen molar-refractivity contribution in [1.82, 2.24) is 14.9 Å². The number of nitrogens with one attached hydrogen (secondary N) is 2. The quantitative estimate of drug-likeness (QED) is 0.717. The van der Waals surface area contributed by atoms with E-state index in [1.54, 1.807) is 6.07 Å². The van der Waals surface area contributed by atoms with E-state index in [1.165, 1.54) is 42.5 Å². The molecule has 0 bridgehead atoms. The third-order valence-corrected chi connectivity index (χ3v) is 3.96. The van der Waals surface area contributed by atoms with Crippen LogP contribution in [0.2, 0.25) is 0 Å². The largest absolute Gasteiger partial charge is 0.348 e. The first kappa shape index (κ1) is 18.2. The zero-order valence-corrected chi connectivity index (χ0v) is 14.0. The van der Waals surface area contributed by atoms with Crippen molar-refractivity contribution in [1.29, 1.82) is 0 Å². The van der Waals surface area contributed by atoms with Crippen LogP contribution in [0.25, 0.3) is 0 Å². The maximum absolute atomic E-state index is 13.8.